The summed E-state index contributed by atoms with van der Waals surface area (Å²) in [7, 11) is -0.221. The maximum Gasteiger partial charge on any atom is 4.00 e. The molecule has 96 valence electrons. The van der Waals surface area contributed by atoms with Crippen molar-refractivity contribution in [3.63, 3.8) is 0 Å². The van der Waals surface area contributed by atoms with Crippen molar-refractivity contribution in [3.05, 3.63) is 59.9 Å². The van der Waals surface area contributed by atoms with Crippen LogP contribution in [0.1, 0.15) is 6.42 Å². The Hall–Kier alpha value is 0.190. The van der Waals surface area contributed by atoms with Gasteiger partial charge in [0.05, 0.1) is 0 Å². The molecule has 0 heterocycles. The molecule has 4 heteroatoms. The number of allylic oxidation sites excluding steroid dienone is 4. The molecule has 0 saturated carbocycles. The van der Waals surface area contributed by atoms with Crippen molar-refractivity contribution in [2.45, 2.75) is 6.42 Å². The van der Waals surface area contributed by atoms with Gasteiger partial charge in [-0.3, -0.25) is 6.08 Å². The summed E-state index contributed by atoms with van der Waals surface area (Å²) in [6.07, 6.45) is 8.85. The molecular weight excluding hydrogens is 461 g/mol. The van der Waals surface area contributed by atoms with Crippen molar-refractivity contribution in [2.75, 3.05) is 6.66 Å². The summed E-state index contributed by atoms with van der Waals surface area (Å²) in [5.41, 5.74) is 0. The fourth-order valence-corrected chi connectivity index (χ4v) is 3.96. The molecule has 2 aromatic carbocycles. The summed E-state index contributed by atoms with van der Waals surface area (Å²) >= 11 is 0. The standard InChI is InChI=1S/C15H13P.2ClH.Hf/c1-16(13-7-3-4-8-13)15-11-10-12-6-2-5-9-14(12)15;;;/h2-3,5-7,9-11H,4H2,1H3;2*1H;/q-2;;;+4/p-2. The van der Waals surface area contributed by atoms with E-state index in [9.17, 15) is 0 Å². The van der Waals surface area contributed by atoms with Gasteiger partial charge in [0.15, 0.2) is 0 Å². The van der Waals surface area contributed by atoms with Crippen LogP contribution in [-0.2, 0) is 25.8 Å². The molecule has 0 spiro atoms. The molecule has 0 aliphatic heterocycles. The van der Waals surface area contributed by atoms with Crippen LogP contribution in [0.25, 0.3) is 10.8 Å². The summed E-state index contributed by atoms with van der Waals surface area (Å²) < 4.78 is 0. The predicted octanol–water partition coefficient (Wildman–Crippen LogP) is -2.05. The molecule has 0 bridgehead atoms. The van der Waals surface area contributed by atoms with E-state index in [2.05, 4.69) is 61.3 Å². The molecule has 1 aliphatic rings. The monoisotopic (exact) mass is 474 g/mol. The van der Waals surface area contributed by atoms with E-state index in [4.69, 9.17) is 0 Å². The van der Waals surface area contributed by atoms with Gasteiger partial charge in [-0.05, 0) is 6.66 Å². The fourth-order valence-electron chi connectivity index (χ4n) is 2.18. The van der Waals surface area contributed by atoms with E-state index in [0.29, 0.717) is 0 Å². The fraction of sp³-hybridized carbons (Fsp3) is 0.133. The van der Waals surface area contributed by atoms with Gasteiger partial charge in [0.2, 0.25) is 0 Å². The van der Waals surface area contributed by atoms with Gasteiger partial charge < -0.3 is 24.8 Å². The third-order valence-corrected chi connectivity index (χ3v) is 5.20. The second-order valence-electron chi connectivity index (χ2n) is 4.03. The van der Waals surface area contributed by atoms with Crippen LogP contribution in [0.3, 0.4) is 0 Å². The van der Waals surface area contributed by atoms with Gasteiger partial charge in [-0.1, -0.05) is 6.07 Å². The van der Waals surface area contributed by atoms with Crippen molar-refractivity contribution in [3.8, 4) is 0 Å². The van der Waals surface area contributed by atoms with E-state index >= 15 is 0 Å². The number of halogens is 2. The second-order valence-corrected chi connectivity index (χ2v) is 6.11. The zero-order valence-corrected chi connectivity index (χ0v) is 16.5. The minimum atomic E-state index is -0.221. The van der Waals surface area contributed by atoms with Crippen LogP contribution in [-0.4, -0.2) is 6.66 Å². The van der Waals surface area contributed by atoms with Crippen molar-refractivity contribution in [2.24, 2.45) is 0 Å². The molecule has 0 saturated heterocycles. The molecule has 0 radical (unpaired) electrons. The maximum atomic E-state index is 3.44. The summed E-state index contributed by atoms with van der Waals surface area (Å²) in [5.74, 6) is 0. The average Bonchev–Trinajstić information content (AvgIpc) is 2.98. The first-order chi connectivity index (χ1) is 7.86. The van der Waals surface area contributed by atoms with Gasteiger partial charge in [0.25, 0.3) is 0 Å². The van der Waals surface area contributed by atoms with Gasteiger partial charge in [0.1, 0.15) is 0 Å². The van der Waals surface area contributed by atoms with Crippen LogP contribution in [0.15, 0.2) is 53.9 Å². The molecule has 19 heavy (non-hydrogen) atoms. The van der Waals surface area contributed by atoms with E-state index in [0.717, 1.165) is 6.42 Å². The first-order valence-electron chi connectivity index (χ1n) is 5.52. The Labute approximate surface area is 147 Å². The first-order valence-corrected chi connectivity index (χ1v) is 7.31. The molecule has 0 N–H and O–H groups in total. The maximum absolute atomic E-state index is 3.44. The van der Waals surface area contributed by atoms with Gasteiger partial charge in [0, 0.05) is 0 Å². The van der Waals surface area contributed by atoms with Crippen LogP contribution >= 0.6 is 7.92 Å². The Morgan fingerprint density at radius 3 is 2.58 bits per heavy atom. The van der Waals surface area contributed by atoms with E-state index in [1.807, 2.05) is 0 Å². The van der Waals surface area contributed by atoms with Gasteiger partial charge in [-0.15, -0.1) is 54.7 Å². The third kappa shape index (κ3) is 3.85. The minimum absolute atomic E-state index is 0. The van der Waals surface area contributed by atoms with E-state index < -0.39 is 0 Å². The molecule has 1 unspecified atom stereocenters. The quantitative estimate of drug-likeness (QED) is 0.268. The van der Waals surface area contributed by atoms with Crippen molar-refractivity contribution in [1.29, 1.82) is 0 Å². The Balaban J connectivity index is 0.00000108. The molecule has 0 fully saturated rings. The van der Waals surface area contributed by atoms with Crippen LogP contribution in [0.2, 0.25) is 0 Å². The molecule has 0 nitrogen and oxygen atoms in total. The van der Waals surface area contributed by atoms with E-state index in [1.165, 1.54) is 21.4 Å². The zero-order valence-electron chi connectivity index (χ0n) is 10.5. The number of rotatable bonds is 2. The van der Waals surface area contributed by atoms with Crippen LogP contribution in [0.5, 0.6) is 0 Å². The van der Waals surface area contributed by atoms with Gasteiger partial charge in [-0.25, -0.2) is 11.4 Å². The third-order valence-electron chi connectivity index (χ3n) is 3.06. The van der Waals surface area contributed by atoms with Crippen molar-refractivity contribution in [1.82, 2.24) is 0 Å². The second kappa shape index (κ2) is 8.47. The smallest absolute Gasteiger partial charge is 1.00 e. The SMILES string of the molecule is CP(C1=[C-]CC=C1)[c-]1ccc2ccccc21.[Cl-].[Cl-].[Hf+4]. The normalized spacial score (nSPS) is 14.1. The summed E-state index contributed by atoms with van der Waals surface area (Å²) in [6.45, 7) is 2.33. The molecule has 3 rings (SSSR count). The minimum Gasteiger partial charge on any atom is -1.00 e. The summed E-state index contributed by atoms with van der Waals surface area (Å²) in [6, 6.07) is 13.1. The van der Waals surface area contributed by atoms with Crippen LogP contribution in [0, 0.1) is 6.08 Å². The van der Waals surface area contributed by atoms with Crippen LogP contribution < -0.4 is 30.1 Å². The van der Waals surface area contributed by atoms with E-state index in [1.54, 1.807) is 0 Å². The van der Waals surface area contributed by atoms with Crippen LogP contribution in [0.4, 0.5) is 0 Å². The zero-order chi connectivity index (χ0) is 11.0. The molecule has 2 aromatic rings. The summed E-state index contributed by atoms with van der Waals surface area (Å²) in [5, 5.41) is 5.64. The number of hydrogen-bond acceptors (Lipinski definition) is 0. The van der Waals surface area contributed by atoms with E-state index in [-0.39, 0.29) is 58.6 Å². The topological polar surface area (TPSA) is 0 Å². The molecule has 0 amide bonds. The largest absolute Gasteiger partial charge is 4.00 e. The molecular formula is C15H13Cl2HfP. The number of fused-ring (bicyclic) bond motifs is 1. The van der Waals surface area contributed by atoms with Gasteiger partial charge >= 0.3 is 25.8 Å². The number of benzene rings is 1. The Kier molecular flexibility index (Phi) is 8.56. The molecule has 0 aromatic heterocycles. The van der Waals surface area contributed by atoms with Gasteiger partial charge in [-0.2, -0.15) is 12.1 Å². The van der Waals surface area contributed by atoms with Crippen molar-refractivity contribution < 1.29 is 50.7 Å². The first kappa shape index (κ1) is 19.2. The van der Waals surface area contributed by atoms with Crippen molar-refractivity contribution >= 4 is 24.0 Å². The Morgan fingerprint density at radius 1 is 1.16 bits per heavy atom. The average molecular weight is 474 g/mol. The summed E-state index contributed by atoms with van der Waals surface area (Å²) in [4.78, 5) is 0. The predicted molar refractivity (Wildman–Crippen MR) is 72.5 cm³/mol. The Morgan fingerprint density at radius 2 is 1.89 bits per heavy atom. The number of hydrogen-bond donors (Lipinski definition) is 0. The molecule has 1 atom stereocenters. The Bertz CT molecular complexity index is 587. The molecule has 1 aliphatic carbocycles.